The predicted molar refractivity (Wildman–Crippen MR) is 243 cm³/mol. The number of nitrogens with one attached hydrogen (secondary N) is 3. The molecule has 3 aromatic heterocycles. The molecule has 4 fully saturated rings. The average Bonchev–Trinajstić information content (AvgIpc) is 4.13. The highest BCUT2D eigenvalue weighted by atomic mass is 16.4. The minimum Gasteiger partial charge on any atom is -0.427 e. The highest BCUT2D eigenvalue weighted by Gasteiger charge is 2.52. The van der Waals surface area contributed by atoms with Crippen LogP contribution >= 0.6 is 0 Å². The summed E-state index contributed by atoms with van der Waals surface area (Å²) in [5.74, 6) is 4.81. The molecule has 0 bridgehead atoms. The van der Waals surface area contributed by atoms with E-state index < -0.39 is 0 Å². The third-order valence-electron chi connectivity index (χ3n) is 15.0. The SMILES string of the molecule is C=C1Cc2oc(=O)cc(CCC(CC)CC)c2C(=O)N1.C=C1Cc2oc(=O)cc(CCC3CC4(CC4)C3)c2C(=O)N1.C=C1Cc2oc(=O)cc(CCC3C[C@H]3C3CCCC3)c2C(=O)N1. The summed E-state index contributed by atoms with van der Waals surface area (Å²) in [5.41, 5.74) is 5.48. The summed E-state index contributed by atoms with van der Waals surface area (Å²) in [6.45, 7) is 15.6. The summed E-state index contributed by atoms with van der Waals surface area (Å²) in [7, 11) is 0. The van der Waals surface area contributed by atoms with Gasteiger partial charge in [-0.05, 0) is 122 Å². The Morgan fingerprint density at radius 3 is 1.47 bits per heavy atom. The van der Waals surface area contributed by atoms with Crippen LogP contribution in [0.3, 0.4) is 0 Å². The second-order valence-corrected chi connectivity index (χ2v) is 19.6. The summed E-state index contributed by atoms with van der Waals surface area (Å²) in [6, 6.07) is 4.44. The minimum atomic E-state index is -0.384. The quantitative estimate of drug-likeness (QED) is 0.161. The molecule has 0 aromatic carbocycles. The van der Waals surface area contributed by atoms with Gasteiger partial charge in [0.2, 0.25) is 0 Å². The number of hydrogen-bond donors (Lipinski definition) is 3. The van der Waals surface area contributed by atoms with Crippen LogP contribution in [0.1, 0.15) is 169 Å². The molecule has 1 unspecified atom stereocenters. The summed E-state index contributed by atoms with van der Waals surface area (Å²) in [4.78, 5) is 71.5. The van der Waals surface area contributed by atoms with E-state index in [2.05, 4.69) is 49.5 Å². The van der Waals surface area contributed by atoms with Crippen LogP contribution in [-0.4, -0.2) is 17.7 Å². The van der Waals surface area contributed by atoms with E-state index in [1.54, 1.807) is 0 Å². The van der Waals surface area contributed by atoms with Crippen molar-refractivity contribution in [2.24, 2.45) is 35.0 Å². The first kappa shape index (κ1) is 45.1. The van der Waals surface area contributed by atoms with E-state index >= 15 is 0 Å². The van der Waals surface area contributed by atoms with Gasteiger partial charge in [-0.15, -0.1) is 0 Å². The van der Waals surface area contributed by atoms with Crippen LogP contribution in [-0.2, 0) is 38.5 Å². The molecule has 3 aromatic rings. The van der Waals surface area contributed by atoms with E-state index in [0.29, 0.717) is 81.7 Å². The van der Waals surface area contributed by atoms with E-state index in [1.807, 2.05) is 0 Å². The summed E-state index contributed by atoms with van der Waals surface area (Å²) >= 11 is 0. The van der Waals surface area contributed by atoms with Gasteiger partial charge in [0.25, 0.3) is 17.7 Å². The van der Waals surface area contributed by atoms with Gasteiger partial charge < -0.3 is 29.2 Å². The number of amides is 3. The predicted octanol–water partition coefficient (Wildman–Crippen LogP) is 8.57. The number of hydrogen-bond acceptors (Lipinski definition) is 9. The van der Waals surface area contributed by atoms with Crippen LogP contribution in [0.4, 0.5) is 0 Å². The molecule has 340 valence electrons. The second kappa shape index (κ2) is 18.9. The first-order chi connectivity index (χ1) is 30.7. The van der Waals surface area contributed by atoms with Crippen LogP contribution in [0.5, 0.6) is 0 Å². The number of aryl methyl sites for hydroxylation is 3. The number of carbonyl (C=O) groups excluding carboxylic acids is 3. The lowest BCUT2D eigenvalue weighted by Gasteiger charge is -2.36. The summed E-state index contributed by atoms with van der Waals surface area (Å²) < 4.78 is 15.6. The molecule has 7 aliphatic rings. The molecule has 6 heterocycles. The molecule has 0 saturated heterocycles. The van der Waals surface area contributed by atoms with Crippen LogP contribution in [0.25, 0.3) is 0 Å². The Morgan fingerprint density at radius 1 is 0.625 bits per heavy atom. The molecule has 10 rings (SSSR count). The Kier molecular flexibility index (Phi) is 13.3. The van der Waals surface area contributed by atoms with Crippen LogP contribution in [0.2, 0.25) is 0 Å². The van der Waals surface area contributed by atoms with Gasteiger partial charge in [-0.25, -0.2) is 14.4 Å². The first-order valence-corrected chi connectivity index (χ1v) is 23.7. The van der Waals surface area contributed by atoms with E-state index in [9.17, 15) is 28.8 Å². The molecule has 4 saturated carbocycles. The van der Waals surface area contributed by atoms with Gasteiger partial charge in [0.15, 0.2) is 0 Å². The Hall–Kier alpha value is -5.52. The lowest BCUT2D eigenvalue weighted by molar-refractivity contribution is 0.0943. The normalized spacial score (nSPS) is 21.6. The van der Waals surface area contributed by atoms with E-state index in [0.717, 1.165) is 91.7 Å². The lowest BCUT2D eigenvalue weighted by atomic mass is 9.69. The molecule has 3 amide bonds. The van der Waals surface area contributed by atoms with E-state index in [-0.39, 0.29) is 34.6 Å². The number of allylic oxidation sites excluding steroid dienone is 3. The second-order valence-electron chi connectivity index (χ2n) is 19.6. The van der Waals surface area contributed by atoms with Crippen molar-refractivity contribution in [1.82, 2.24) is 16.0 Å². The molecular formula is C52H63N3O9. The van der Waals surface area contributed by atoms with Crippen molar-refractivity contribution in [3.05, 3.63) is 137 Å². The zero-order chi connectivity index (χ0) is 45.3. The van der Waals surface area contributed by atoms with Gasteiger partial charge in [0, 0.05) is 54.6 Å². The fourth-order valence-corrected chi connectivity index (χ4v) is 11.2. The third-order valence-corrected chi connectivity index (χ3v) is 15.0. The minimum absolute atomic E-state index is 0.182. The van der Waals surface area contributed by atoms with Crippen molar-refractivity contribution in [1.29, 1.82) is 0 Å². The molecule has 2 atom stereocenters. The van der Waals surface area contributed by atoms with Crippen molar-refractivity contribution >= 4 is 17.7 Å². The Morgan fingerprint density at radius 2 is 1.05 bits per heavy atom. The fraction of sp³-hybridized carbons (Fsp3) is 0.538. The maximum atomic E-state index is 12.2. The Balaban J connectivity index is 0.000000132. The van der Waals surface area contributed by atoms with Gasteiger partial charge in [-0.1, -0.05) is 72.1 Å². The van der Waals surface area contributed by atoms with Crippen LogP contribution in [0, 0.1) is 35.0 Å². The molecule has 64 heavy (non-hydrogen) atoms. The summed E-state index contributed by atoms with van der Waals surface area (Å²) in [5, 5.41) is 8.21. The number of carbonyl (C=O) groups is 3. The zero-order valence-electron chi connectivity index (χ0n) is 37.6. The van der Waals surface area contributed by atoms with Gasteiger partial charge >= 0.3 is 16.9 Å². The van der Waals surface area contributed by atoms with Crippen LogP contribution in [0.15, 0.2) is 82.7 Å². The highest BCUT2D eigenvalue weighted by Crippen LogP contribution is 2.64. The van der Waals surface area contributed by atoms with Gasteiger partial charge in [0.1, 0.15) is 17.3 Å². The molecule has 12 nitrogen and oxygen atoms in total. The molecule has 0 radical (unpaired) electrons. The van der Waals surface area contributed by atoms with Crippen molar-refractivity contribution in [2.75, 3.05) is 0 Å². The standard InChI is InChI=1S/C19H23NO3.C17H19NO3.C16H21NO3/c1-11-8-16-18(19(22)20-11)14(10-17(21)23-16)7-6-13-9-15(13)12-4-2-3-5-12;1-10-6-13-15(16(20)18-10)12(7-14(19)21-13)3-2-11-8-17(9-11)4-5-17;1-4-11(5-2)6-7-12-9-14(18)20-13-8-10(3)17-16(19)15(12)13/h10,12-13,15H,1-9H2,(H,20,22);7,11H,1-6,8-9H2,(H,18,20);9,11H,3-8H2,1-2H3,(H,17,19)/t13?,15-;;/m0../s1. The molecule has 1 spiro atoms. The van der Waals surface area contributed by atoms with Gasteiger partial charge in [-0.3, -0.25) is 14.4 Å². The van der Waals surface area contributed by atoms with Crippen molar-refractivity contribution in [3.63, 3.8) is 0 Å². The topological polar surface area (TPSA) is 178 Å². The average molecular weight is 874 g/mol. The number of rotatable bonds is 12. The Bertz CT molecular complexity index is 2540. The van der Waals surface area contributed by atoms with E-state index in [4.69, 9.17) is 13.3 Å². The molecule has 3 aliphatic heterocycles. The number of fused-ring (bicyclic) bond motifs is 3. The Labute approximate surface area is 374 Å². The maximum absolute atomic E-state index is 12.2. The highest BCUT2D eigenvalue weighted by molar-refractivity contribution is 6.00. The molecule has 12 heteroatoms. The fourth-order valence-electron chi connectivity index (χ4n) is 11.2. The molecule has 4 aliphatic carbocycles. The maximum Gasteiger partial charge on any atom is 0.336 e. The van der Waals surface area contributed by atoms with Crippen molar-refractivity contribution in [2.45, 2.75) is 142 Å². The van der Waals surface area contributed by atoms with Gasteiger partial charge in [0.05, 0.1) is 16.7 Å². The molecular weight excluding hydrogens is 811 g/mol. The first-order valence-electron chi connectivity index (χ1n) is 23.7. The summed E-state index contributed by atoms with van der Waals surface area (Å²) in [6.07, 6.45) is 21.3. The van der Waals surface area contributed by atoms with E-state index in [1.165, 1.54) is 76.0 Å². The largest absolute Gasteiger partial charge is 0.427 e. The molecule has 3 N–H and O–H groups in total. The van der Waals surface area contributed by atoms with Gasteiger partial charge in [-0.2, -0.15) is 0 Å². The monoisotopic (exact) mass is 873 g/mol. The lowest BCUT2D eigenvalue weighted by Crippen LogP contribution is -2.32. The van der Waals surface area contributed by atoms with Crippen LogP contribution < -0.4 is 32.8 Å². The van der Waals surface area contributed by atoms with Crippen molar-refractivity contribution in [3.8, 4) is 0 Å². The third kappa shape index (κ3) is 10.4. The zero-order valence-corrected chi connectivity index (χ0v) is 37.6. The smallest absolute Gasteiger partial charge is 0.336 e. The van der Waals surface area contributed by atoms with Crippen molar-refractivity contribution < 1.29 is 27.6 Å².